The fraction of sp³-hybridized carbons (Fsp3) is 0.217. The maximum absolute atomic E-state index is 13.1. The topological polar surface area (TPSA) is 58.2 Å². The molecule has 1 amide bonds. The summed E-state index contributed by atoms with van der Waals surface area (Å²) < 4.78 is 6.93. The van der Waals surface area contributed by atoms with E-state index in [0.29, 0.717) is 25.4 Å². The number of H-pyrrole nitrogens is 1. The van der Waals surface area contributed by atoms with Gasteiger partial charge in [-0.25, -0.2) is 4.98 Å². The Morgan fingerprint density at radius 2 is 1.93 bits per heavy atom. The molecule has 3 heterocycles. The number of rotatable bonds is 2. The summed E-state index contributed by atoms with van der Waals surface area (Å²) in [5, 5.41) is 0. The number of aromatic nitrogens is 2. The highest BCUT2D eigenvalue weighted by Crippen LogP contribution is 2.31. The number of aryl methyl sites for hydroxylation is 2. The van der Waals surface area contributed by atoms with E-state index in [1.165, 1.54) is 28.0 Å². The highest BCUT2D eigenvalue weighted by Gasteiger charge is 2.23. The van der Waals surface area contributed by atoms with E-state index in [1.807, 2.05) is 17.0 Å². The first-order chi connectivity index (χ1) is 14.1. The van der Waals surface area contributed by atoms with Crippen LogP contribution in [0.4, 0.5) is 0 Å². The third-order valence-electron chi connectivity index (χ3n) is 5.52. The molecule has 2 aromatic heterocycles. The summed E-state index contributed by atoms with van der Waals surface area (Å²) in [5.74, 6) is 0.824. The fourth-order valence-electron chi connectivity index (χ4n) is 3.70. The molecule has 1 aliphatic rings. The van der Waals surface area contributed by atoms with Crippen molar-refractivity contribution in [3.05, 3.63) is 70.4 Å². The van der Waals surface area contributed by atoms with Crippen LogP contribution in [0, 0.1) is 13.8 Å². The van der Waals surface area contributed by atoms with Crippen molar-refractivity contribution in [1.29, 1.82) is 0 Å². The van der Waals surface area contributed by atoms with Gasteiger partial charge in [0.25, 0.3) is 5.91 Å². The lowest BCUT2D eigenvalue weighted by Crippen LogP contribution is -2.32. The van der Waals surface area contributed by atoms with Crippen molar-refractivity contribution in [2.45, 2.75) is 20.4 Å². The monoisotopic (exact) mass is 403 g/mol. The second-order valence-electron chi connectivity index (χ2n) is 7.44. The number of nitrogens with zero attached hydrogens (tertiary/aromatic N) is 2. The number of carbonyl (C=O) groups is 1. The molecule has 29 heavy (non-hydrogen) atoms. The summed E-state index contributed by atoms with van der Waals surface area (Å²) >= 11 is 1.53. The maximum atomic E-state index is 13.1. The number of amides is 1. The molecule has 0 aliphatic carbocycles. The highest BCUT2D eigenvalue weighted by molar-refractivity contribution is 7.16. The van der Waals surface area contributed by atoms with Gasteiger partial charge in [0.2, 0.25) is 0 Å². The van der Waals surface area contributed by atoms with E-state index < -0.39 is 0 Å². The van der Waals surface area contributed by atoms with E-state index in [1.54, 1.807) is 5.51 Å². The molecule has 146 valence electrons. The molecule has 5 rings (SSSR count). The summed E-state index contributed by atoms with van der Waals surface area (Å²) in [6.45, 7) is 5.80. The minimum atomic E-state index is -0.0248. The molecular formula is C23H21N3O2S. The third kappa shape index (κ3) is 3.29. The molecule has 0 saturated heterocycles. The highest BCUT2D eigenvalue weighted by atomic mass is 32.1. The van der Waals surface area contributed by atoms with Crippen LogP contribution in [0.3, 0.4) is 0 Å². The maximum Gasteiger partial charge on any atom is 0.270 e. The summed E-state index contributed by atoms with van der Waals surface area (Å²) in [6.07, 6.45) is 0. The van der Waals surface area contributed by atoms with Crippen molar-refractivity contribution >= 4 is 27.6 Å². The Balaban J connectivity index is 1.45. The first-order valence-corrected chi connectivity index (χ1v) is 10.5. The van der Waals surface area contributed by atoms with Crippen LogP contribution in [-0.4, -0.2) is 33.9 Å². The van der Waals surface area contributed by atoms with Gasteiger partial charge in [-0.05, 0) is 54.3 Å². The van der Waals surface area contributed by atoms with Crippen LogP contribution in [-0.2, 0) is 6.54 Å². The van der Waals surface area contributed by atoms with Crippen molar-refractivity contribution in [3.63, 3.8) is 0 Å². The average Bonchev–Trinajstić information content (AvgIpc) is 3.25. The van der Waals surface area contributed by atoms with E-state index in [4.69, 9.17) is 4.74 Å². The van der Waals surface area contributed by atoms with Gasteiger partial charge in [0.15, 0.2) is 0 Å². The predicted molar refractivity (Wildman–Crippen MR) is 116 cm³/mol. The second-order valence-corrected chi connectivity index (χ2v) is 8.33. The van der Waals surface area contributed by atoms with Gasteiger partial charge in [-0.15, -0.1) is 11.3 Å². The van der Waals surface area contributed by atoms with Crippen molar-refractivity contribution in [2.24, 2.45) is 0 Å². The Labute approximate surface area is 173 Å². The quantitative estimate of drug-likeness (QED) is 0.516. The van der Waals surface area contributed by atoms with Gasteiger partial charge in [0, 0.05) is 12.1 Å². The van der Waals surface area contributed by atoms with E-state index in [9.17, 15) is 4.79 Å². The number of aromatic amines is 1. The number of thiazole rings is 1. The molecule has 5 nitrogen and oxygen atoms in total. The third-order valence-corrected chi connectivity index (χ3v) is 6.30. The number of hydrogen-bond acceptors (Lipinski definition) is 4. The molecule has 0 saturated carbocycles. The predicted octanol–water partition coefficient (Wildman–Crippen LogP) is 4.94. The Bertz CT molecular complexity index is 1200. The SMILES string of the molecule is Cc1ccc(-c2ccc3c(c2)CN(C(=O)c2cc4scnc4[nH]2)CCO3)cc1C. The lowest BCUT2D eigenvalue weighted by molar-refractivity contribution is 0.0728. The molecular weight excluding hydrogens is 382 g/mol. The van der Waals surface area contributed by atoms with Crippen molar-refractivity contribution < 1.29 is 9.53 Å². The molecule has 0 bridgehead atoms. The minimum absolute atomic E-state index is 0.0248. The molecule has 1 aliphatic heterocycles. The van der Waals surface area contributed by atoms with E-state index >= 15 is 0 Å². The Kier molecular flexibility index (Phi) is 4.36. The first-order valence-electron chi connectivity index (χ1n) is 9.63. The standard InChI is InChI=1S/C23H21N3O2S/c1-14-3-4-16(9-15(14)2)17-5-6-20-18(10-17)12-26(7-8-28-20)23(27)19-11-21-22(25-19)24-13-29-21/h3-6,9-11,13,25H,7-8,12H2,1-2H3. The molecule has 0 unspecified atom stereocenters. The van der Waals surface area contributed by atoms with Crippen molar-refractivity contribution in [1.82, 2.24) is 14.9 Å². The van der Waals surface area contributed by atoms with E-state index in [2.05, 4.69) is 54.1 Å². The minimum Gasteiger partial charge on any atom is -0.491 e. The summed E-state index contributed by atoms with van der Waals surface area (Å²) in [4.78, 5) is 22.3. The Morgan fingerprint density at radius 1 is 1.10 bits per heavy atom. The van der Waals surface area contributed by atoms with Gasteiger partial charge < -0.3 is 14.6 Å². The van der Waals surface area contributed by atoms with Crippen LogP contribution < -0.4 is 4.74 Å². The number of benzene rings is 2. The molecule has 1 N–H and O–H groups in total. The first kappa shape index (κ1) is 17.9. The van der Waals surface area contributed by atoms with Gasteiger partial charge in [-0.1, -0.05) is 24.3 Å². The van der Waals surface area contributed by atoms with Gasteiger partial charge in [-0.2, -0.15) is 0 Å². The lowest BCUT2D eigenvalue weighted by Gasteiger charge is -2.19. The van der Waals surface area contributed by atoms with Gasteiger partial charge >= 0.3 is 0 Å². The average molecular weight is 404 g/mol. The van der Waals surface area contributed by atoms with Gasteiger partial charge in [0.05, 0.1) is 16.8 Å². The van der Waals surface area contributed by atoms with E-state index in [-0.39, 0.29) is 5.91 Å². The van der Waals surface area contributed by atoms with Crippen molar-refractivity contribution in [3.8, 4) is 16.9 Å². The van der Waals surface area contributed by atoms with Crippen molar-refractivity contribution in [2.75, 3.05) is 13.2 Å². The molecule has 6 heteroatoms. The number of fused-ring (bicyclic) bond motifs is 2. The summed E-state index contributed by atoms with van der Waals surface area (Å²) in [7, 11) is 0. The number of nitrogens with one attached hydrogen (secondary N) is 1. The van der Waals surface area contributed by atoms with Crippen LogP contribution in [0.5, 0.6) is 5.75 Å². The summed E-state index contributed by atoms with van der Waals surface area (Å²) in [6, 6.07) is 14.6. The molecule has 0 spiro atoms. The second kappa shape index (κ2) is 7.04. The summed E-state index contributed by atoms with van der Waals surface area (Å²) in [5.41, 5.74) is 9.01. The molecule has 0 atom stereocenters. The number of hydrogen-bond donors (Lipinski definition) is 1. The van der Waals surface area contributed by atoms with Gasteiger partial charge in [0.1, 0.15) is 23.7 Å². The van der Waals surface area contributed by atoms with Gasteiger partial charge in [-0.3, -0.25) is 4.79 Å². The van der Waals surface area contributed by atoms with Crippen LogP contribution in [0.2, 0.25) is 0 Å². The molecule has 4 aromatic rings. The molecule has 0 fully saturated rings. The lowest BCUT2D eigenvalue weighted by atomic mass is 9.98. The Hall–Kier alpha value is -3.12. The largest absolute Gasteiger partial charge is 0.491 e. The zero-order valence-electron chi connectivity index (χ0n) is 16.4. The van der Waals surface area contributed by atoms with E-state index in [0.717, 1.165) is 27.2 Å². The molecule has 0 radical (unpaired) electrons. The van der Waals surface area contributed by atoms with Crippen LogP contribution in [0.15, 0.2) is 48.0 Å². The van der Waals surface area contributed by atoms with Crippen LogP contribution in [0.25, 0.3) is 21.5 Å². The number of ether oxygens (including phenoxy) is 1. The Morgan fingerprint density at radius 3 is 2.76 bits per heavy atom. The zero-order chi connectivity index (χ0) is 20.0. The number of carbonyl (C=O) groups excluding carboxylic acids is 1. The molecule has 2 aromatic carbocycles. The fourth-order valence-corrected chi connectivity index (χ4v) is 4.37. The van der Waals surface area contributed by atoms with Crippen LogP contribution in [0.1, 0.15) is 27.2 Å². The smallest absolute Gasteiger partial charge is 0.270 e. The normalized spacial score (nSPS) is 13.8. The zero-order valence-corrected chi connectivity index (χ0v) is 17.2. The van der Waals surface area contributed by atoms with Crippen LogP contribution >= 0.6 is 11.3 Å².